The Hall–Kier alpha value is -2.51. The molecular weight excluding hydrogens is 287 g/mol. The molecule has 0 saturated carbocycles. The predicted octanol–water partition coefficient (Wildman–Crippen LogP) is 2.24. The van der Waals surface area contributed by atoms with Crippen LogP contribution in [0.3, 0.4) is 0 Å². The summed E-state index contributed by atoms with van der Waals surface area (Å²) in [4.78, 5) is 11.5. The van der Waals surface area contributed by atoms with E-state index in [1.165, 1.54) is 24.5 Å². The minimum atomic E-state index is -4.41. The van der Waals surface area contributed by atoms with Crippen molar-refractivity contribution in [2.24, 2.45) is 0 Å². The molecule has 0 bridgehead atoms. The quantitative estimate of drug-likeness (QED) is 0.832. The van der Waals surface area contributed by atoms with Crippen LogP contribution < -0.4 is 10.1 Å². The number of carbonyl (C=O) groups is 1. The van der Waals surface area contributed by atoms with Gasteiger partial charge in [-0.1, -0.05) is 6.07 Å². The van der Waals surface area contributed by atoms with Crippen molar-refractivity contribution in [3.05, 3.63) is 47.8 Å². The highest BCUT2D eigenvalue weighted by atomic mass is 19.4. The van der Waals surface area contributed by atoms with Crippen molar-refractivity contribution >= 4 is 5.91 Å². The molecule has 8 heteroatoms. The van der Waals surface area contributed by atoms with Crippen LogP contribution in [0.5, 0.6) is 5.75 Å². The first-order chi connectivity index (χ1) is 9.97. The molecule has 0 atom stereocenters. The summed E-state index contributed by atoms with van der Waals surface area (Å²) in [6.07, 6.45) is -1.61. The van der Waals surface area contributed by atoms with Gasteiger partial charge in [-0.15, -0.1) is 0 Å². The number of alkyl halides is 3. The highest BCUT2D eigenvalue weighted by Crippen LogP contribution is 2.31. The van der Waals surface area contributed by atoms with E-state index >= 15 is 0 Å². The van der Waals surface area contributed by atoms with E-state index in [0.29, 0.717) is 5.56 Å². The Bertz CT molecular complexity index is 597. The number of nitrogens with zero attached hydrogens (tertiary/aromatic N) is 1. The molecule has 2 rings (SSSR count). The van der Waals surface area contributed by atoms with E-state index in [1.54, 1.807) is 0 Å². The van der Waals surface area contributed by atoms with Gasteiger partial charge in [0.1, 0.15) is 12.4 Å². The van der Waals surface area contributed by atoms with Crippen molar-refractivity contribution in [3.63, 3.8) is 0 Å². The second kappa shape index (κ2) is 6.29. The predicted molar refractivity (Wildman–Crippen MR) is 67.9 cm³/mol. The number of aromatic nitrogens is 2. The number of aromatic amines is 1. The zero-order valence-electron chi connectivity index (χ0n) is 10.8. The van der Waals surface area contributed by atoms with Gasteiger partial charge in [0, 0.05) is 6.20 Å². The molecule has 1 aromatic carbocycles. The fourth-order valence-corrected chi connectivity index (χ4v) is 1.57. The molecule has 0 radical (unpaired) electrons. The van der Waals surface area contributed by atoms with E-state index in [-0.39, 0.29) is 24.8 Å². The lowest BCUT2D eigenvalue weighted by molar-refractivity contribution is -0.137. The zero-order valence-corrected chi connectivity index (χ0v) is 10.8. The van der Waals surface area contributed by atoms with Crippen molar-refractivity contribution in [1.82, 2.24) is 15.5 Å². The van der Waals surface area contributed by atoms with Gasteiger partial charge in [-0.2, -0.15) is 18.3 Å². The Labute approximate surface area is 118 Å². The summed E-state index contributed by atoms with van der Waals surface area (Å²) in [7, 11) is 0. The number of carbonyl (C=O) groups excluding carboxylic acids is 1. The van der Waals surface area contributed by atoms with Crippen LogP contribution in [0, 0.1) is 0 Å². The van der Waals surface area contributed by atoms with Crippen molar-refractivity contribution < 1.29 is 22.7 Å². The first kappa shape index (κ1) is 14.9. The van der Waals surface area contributed by atoms with Gasteiger partial charge in [0.25, 0.3) is 5.91 Å². The number of amides is 1. The maximum absolute atomic E-state index is 12.5. The monoisotopic (exact) mass is 299 g/mol. The molecule has 1 amide bonds. The number of hydrogen-bond donors (Lipinski definition) is 2. The van der Waals surface area contributed by atoms with E-state index in [4.69, 9.17) is 4.74 Å². The van der Waals surface area contributed by atoms with Crippen LogP contribution in [0.15, 0.2) is 36.7 Å². The number of H-pyrrole nitrogens is 1. The van der Waals surface area contributed by atoms with Crippen LogP contribution in [-0.2, 0) is 6.18 Å². The van der Waals surface area contributed by atoms with Crippen LogP contribution in [0.1, 0.15) is 15.9 Å². The molecule has 5 nitrogen and oxygen atoms in total. The van der Waals surface area contributed by atoms with Crippen molar-refractivity contribution in [2.45, 2.75) is 6.18 Å². The van der Waals surface area contributed by atoms with Gasteiger partial charge in [0.2, 0.25) is 0 Å². The van der Waals surface area contributed by atoms with Crippen molar-refractivity contribution in [2.75, 3.05) is 13.2 Å². The molecule has 1 heterocycles. The minimum absolute atomic E-state index is 0.0604. The number of rotatable bonds is 5. The topological polar surface area (TPSA) is 67.0 Å². The molecule has 0 aliphatic heterocycles. The highest BCUT2D eigenvalue weighted by molar-refractivity contribution is 5.93. The summed E-state index contributed by atoms with van der Waals surface area (Å²) in [5.41, 5.74) is -0.406. The molecule has 0 aliphatic carbocycles. The van der Waals surface area contributed by atoms with E-state index in [1.807, 2.05) is 0 Å². The van der Waals surface area contributed by atoms with E-state index in [2.05, 4.69) is 15.5 Å². The third-order valence-electron chi connectivity index (χ3n) is 2.58. The molecule has 0 aliphatic rings. The lowest BCUT2D eigenvalue weighted by atomic mass is 10.2. The molecule has 21 heavy (non-hydrogen) atoms. The van der Waals surface area contributed by atoms with Gasteiger partial charge in [0.05, 0.1) is 23.9 Å². The van der Waals surface area contributed by atoms with Crippen LogP contribution in [0.25, 0.3) is 0 Å². The van der Waals surface area contributed by atoms with Gasteiger partial charge in [-0.3, -0.25) is 9.89 Å². The van der Waals surface area contributed by atoms with Crippen LogP contribution in [0.2, 0.25) is 0 Å². The van der Waals surface area contributed by atoms with Gasteiger partial charge in [0.15, 0.2) is 0 Å². The molecule has 2 aromatic rings. The lowest BCUT2D eigenvalue weighted by Crippen LogP contribution is -2.27. The molecule has 0 fully saturated rings. The van der Waals surface area contributed by atoms with Gasteiger partial charge in [-0.05, 0) is 18.2 Å². The first-order valence-corrected chi connectivity index (χ1v) is 6.04. The number of halogens is 3. The highest BCUT2D eigenvalue weighted by Gasteiger charge is 2.30. The van der Waals surface area contributed by atoms with Crippen LogP contribution in [0.4, 0.5) is 13.2 Å². The Morgan fingerprint density at radius 2 is 2.19 bits per heavy atom. The molecule has 2 N–H and O–H groups in total. The fourth-order valence-electron chi connectivity index (χ4n) is 1.57. The summed E-state index contributed by atoms with van der Waals surface area (Å²) in [5, 5.41) is 8.68. The van der Waals surface area contributed by atoms with Crippen LogP contribution in [-0.4, -0.2) is 29.3 Å². The maximum Gasteiger partial charge on any atom is 0.416 e. The number of nitrogens with one attached hydrogen (secondary N) is 2. The maximum atomic E-state index is 12.5. The zero-order chi connectivity index (χ0) is 15.3. The summed E-state index contributed by atoms with van der Waals surface area (Å²) in [6.45, 7) is 0.227. The van der Waals surface area contributed by atoms with Crippen molar-refractivity contribution in [1.29, 1.82) is 0 Å². The van der Waals surface area contributed by atoms with Crippen molar-refractivity contribution in [3.8, 4) is 5.75 Å². The number of ether oxygens (including phenoxy) is 1. The third kappa shape index (κ3) is 4.23. The second-order valence-electron chi connectivity index (χ2n) is 4.12. The third-order valence-corrected chi connectivity index (χ3v) is 2.58. The second-order valence-corrected chi connectivity index (χ2v) is 4.12. The Morgan fingerprint density at radius 3 is 2.86 bits per heavy atom. The Balaban J connectivity index is 1.80. The lowest BCUT2D eigenvalue weighted by Gasteiger charge is -2.10. The van der Waals surface area contributed by atoms with Gasteiger partial charge >= 0.3 is 6.18 Å². The van der Waals surface area contributed by atoms with E-state index < -0.39 is 11.7 Å². The molecule has 0 saturated heterocycles. The SMILES string of the molecule is O=C(NCCOc1cccc(C(F)(F)F)c1)c1cn[nH]c1. The smallest absolute Gasteiger partial charge is 0.416 e. The molecule has 112 valence electrons. The molecular formula is C13H12F3N3O2. The van der Waals surface area contributed by atoms with Gasteiger partial charge in [-0.25, -0.2) is 0 Å². The number of benzene rings is 1. The fraction of sp³-hybridized carbons (Fsp3) is 0.231. The molecule has 1 aromatic heterocycles. The summed E-state index contributed by atoms with van der Waals surface area (Å²) in [6, 6.07) is 4.57. The Kier molecular flexibility index (Phi) is 4.46. The molecule has 0 unspecified atom stereocenters. The van der Waals surface area contributed by atoms with Gasteiger partial charge < -0.3 is 10.1 Å². The van der Waals surface area contributed by atoms with Crippen LogP contribution >= 0.6 is 0 Å². The summed E-state index contributed by atoms with van der Waals surface area (Å²) in [5.74, 6) is -0.237. The summed E-state index contributed by atoms with van der Waals surface area (Å²) < 4.78 is 42.7. The number of hydrogen-bond acceptors (Lipinski definition) is 3. The summed E-state index contributed by atoms with van der Waals surface area (Å²) >= 11 is 0. The Morgan fingerprint density at radius 1 is 1.38 bits per heavy atom. The average molecular weight is 299 g/mol. The first-order valence-electron chi connectivity index (χ1n) is 6.04. The largest absolute Gasteiger partial charge is 0.492 e. The minimum Gasteiger partial charge on any atom is -0.492 e. The van der Waals surface area contributed by atoms with E-state index in [9.17, 15) is 18.0 Å². The normalized spacial score (nSPS) is 11.2. The average Bonchev–Trinajstić information content (AvgIpc) is 2.97. The molecule has 0 spiro atoms. The standard InChI is InChI=1S/C13H12F3N3O2/c14-13(15,16)10-2-1-3-11(6-10)21-5-4-17-12(20)9-7-18-19-8-9/h1-3,6-8H,4-5H2,(H,17,20)(H,18,19). The van der Waals surface area contributed by atoms with E-state index in [0.717, 1.165) is 12.1 Å².